The van der Waals surface area contributed by atoms with Crippen molar-refractivity contribution in [3.63, 3.8) is 0 Å². The van der Waals surface area contributed by atoms with E-state index in [1.165, 1.54) is 47.6 Å². The summed E-state index contributed by atoms with van der Waals surface area (Å²) in [6.45, 7) is 0. The van der Waals surface area contributed by atoms with E-state index in [-0.39, 0.29) is 11.7 Å². The average molecular weight is 389 g/mol. The smallest absolute Gasteiger partial charge is 0.315 e. The number of thiophene rings is 1. The second-order valence-corrected chi connectivity index (χ2v) is 7.30. The van der Waals surface area contributed by atoms with Gasteiger partial charge in [-0.2, -0.15) is 5.10 Å². The highest BCUT2D eigenvalue weighted by Crippen LogP contribution is 2.36. The summed E-state index contributed by atoms with van der Waals surface area (Å²) in [7, 11) is 1.29. The highest BCUT2D eigenvalue weighted by atomic mass is 32.1. The Balaban J connectivity index is 1.73. The number of aromatic hydroxyl groups is 1. The monoisotopic (exact) mass is 389 g/mol. The van der Waals surface area contributed by atoms with Gasteiger partial charge in [-0.25, -0.2) is 5.43 Å². The van der Waals surface area contributed by atoms with Crippen LogP contribution in [0, 0.1) is 10.1 Å². The molecule has 0 bridgehead atoms. The Hall–Kier alpha value is -2.94. The molecule has 0 radical (unpaired) electrons. The number of hydrazone groups is 1. The van der Waals surface area contributed by atoms with Crippen LogP contribution in [0.1, 0.15) is 44.9 Å². The molecule has 1 aliphatic carbocycles. The Morgan fingerprint density at radius 2 is 2.11 bits per heavy atom. The molecule has 2 N–H and O–H groups in total. The number of hydrogen-bond acceptors (Lipinski definition) is 7. The summed E-state index contributed by atoms with van der Waals surface area (Å²) >= 11 is 1.49. The predicted octanol–water partition coefficient (Wildman–Crippen LogP) is 3.40. The zero-order chi connectivity index (χ0) is 19.4. The third-order valence-electron chi connectivity index (χ3n) is 4.34. The summed E-state index contributed by atoms with van der Waals surface area (Å²) in [5.74, 6) is -0.910. The van der Waals surface area contributed by atoms with Crippen molar-refractivity contribution in [2.45, 2.75) is 32.1 Å². The molecule has 142 valence electrons. The summed E-state index contributed by atoms with van der Waals surface area (Å²) in [6, 6.07) is 4.47. The van der Waals surface area contributed by atoms with Gasteiger partial charge < -0.3 is 9.84 Å². The van der Waals surface area contributed by atoms with Crippen molar-refractivity contribution in [2.75, 3.05) is 7.11 Å². The van der Waals surface area contributed by atoms with E-state index in [4.69, 9.17) is 4.74 Å². The lowest BCUT2D eigenvalue weighted by Gasteiger charge is -2.05. The maximum Gasteiger partial charge on any atom is 0.315 e. The molecule has 0 aliphatic heterocycles. The maximum atomic E-state index is 12.3. The van der Waals surface area contributed by atoms with E-state index in [1.807, 2.05) is 6.07 Å². The van der Waals surface area contributed by atoms with Gasteiger partial charge in [0.1, 0.15) is 0 Å². The number of amides is 1. The standard InChI is InChI=1S/C18H19N3O5S/c1-26-14-8-11(7-13(17(14)22)21(24)25)10-19-20-18(23)16-9-12-5-3-2-4-6-15(12)27-16/h7-10,22H,2-6H2,1H3,(H,20,23)/b19-10+. The van der Waals surface area contributed by atoms with E-state index in [2.05, 4.69) is 10.5 Å². The fraction of sp³-hybridized carbons (Fsp3) is 0.333. The molecule has 27 heavy (non-hydrogen) atoms. The Morgan fingerprint density at radius 1 is 1.33 bits per heavy atom. The molecule has 0 saturated heterocycles. The van der Waals surface area contributed by atoms with Gasteiger partial charge in [-0.15, -0.1) is 11.3 Å². The van der Waals surface area contributed by atoms with Crippen LogP contribution < -0.4 is 10.2 Å². The average Bonchev–Trinajstić information content (AvgIpc) is 2.93. The molecule has 0 atom stereocenters. The lowest BCUT2D eigenvalue weighted by atomic mass is 10.1. The third-order valence-corrected chi connectivity index (χ3v) is 5.58. The molecule has 9 heteroatoms. The number of benzene rings is 1. The van der Waals surface area contributed by atoms with Crippen LogP contribution in [0.2, 0.25) is 0 Å². The van der Waals surface area contributed by atoms with Crippen LogP contribution in [-0.2, 0) is 12.8 Å². The molecule has 0 fully saturated rings. The van der Waals surface area contributed by atoms with Crippen molar-refractivity contribution < 1.29 is 19.6 Å². The predicted molar refractivity (Wildman–Crippen MR) is 102 cm³/mol. The topological polar surface area (TPSA) is 114 Å². The Kier molecular flexibility index (Phi) is 5.70. The van der Waals surface area contributed by atoms with Gasteiger partial charge in [0.2, 0.25) is 5.75 Å². The van der Waals surface area contributed by atoms with Crippen molar-refractivity contribution in [1.29, 1.82) is 0 Å². The third kappa shape index (κ3) is 4.25. The first-order chi connectivity index (χ1) is 13.0. The van der Waals surface area contributed by atoms with Gasteiger partial charge in [0, 0.05) is 16.5 Å². The number of carbonyl (C=O) groups is 1. The minimum atomic E-state index is -0.716. The molecular formula is C18H19N3O5S. The van der Waals surface area contributed by atoms with E-state index in [0.29, 0.717) is 10.4 Å². The van der Waals surface area contributed by atoms with Gasteiger partial charge >= 0.3 is 5.69 Å². The number of nitro benzene ring substituents is 1. The van der Waals surface area contributed by atoms with Crippen LogP contribution in [0.5, 0.6) is 11.5 Å². The lowest BCUT2D eigenvalue weighted by Crippen LogP contribution is -2.16. The molecule has 8 nitrogen and oxygen atoms in total. The SMILES string of the molecule is COc1cc(/C=N/NC(=O)c2cc3c(s2)CCCCC3)cc([N+](=O)[O-])c1O. The number of aryl methyl sites for hydroxylation is 2. The van der Waals surface area contributed by atoms with Gasteiger partial charge in [-0.05, 0) is 43.4 Å². The van der Waals surface area contributed by atoms with E-state index < -0.39 is 16.4 Å². The number of rotatable bonds is 5. The first-order valence-electron chi connectivity index (χ1n) is 8.50. The normalized spacial score (nSPS) is 13.8. The summed E-state index contributed by atoms with van der Waals surface area (Å²) in [6.07, 6.45) is 6.78. The van der Waals surface area contributed by atoms with Crippen LogP contribution in [0.3, 0.4) is 0 Å². The van der Waals surface area contributed by atoms with Crippen LogP contribution in [-0.4, -0.2) is 29.3 Å². The van der Waals surface area contributed by atoms with Crippen molar-refractivity contribution in [3.05, 3.63) is 49.2 Å². The van der Waals surface area contributed by atoms with Gasteiger partial charge in [-0.1, -0.05) is 6.42 Å². The number of nitrogens with zero attached hydrogens (tertiary/aromatic N) is 2. The quantitative estimate of drug-likeness (QED) is 0.352. The number of ether oxygens (including phenoxy) is 1. The maximum absolute atomic E-state index is 12.3. The highest BCUT2D eigenvalue weighted by molar-refractivity contribution is 7.14. The van der Waals surface area contributed by atoms with Crippen molar-refractivity contribution >= 4 is 29.1 Å². The van der Waals surface area contributed by atoms with Crippen LogP contribution in [0.4, 0.5) is 5.69 Å². The van der Waals surface area contributed by atoms with Crippen molar-refractivity contribution in [1.82, 2.24) is 5.43 Å². The fourth-order valence-electron chi connectivity index (χ4n) is 2.98. The van der Waals surface area contributed by atoms with Crippen LogP contribution >= 0.6 is 11.3 Å². The van der Waals surface area contributed by atoms with Crippen molar-refractivity contribution in [3.8, 4) is 11.5 Å². The van der Waals surface area contributed by atoms with E-state index in [9.17, 15) is 20.0 Å². The molecule has 1 aromatic carbocycles. The molecule has 0 saturated carbocycles. The zero-order valence-electron chi connectivity index (χ0n) is 14.7. The van der Waals surface area contributed by atoms with E-state index in [0.717, 1.165) is 31.7 Å². The summed E-state index contributed by atoms with van der Waals surface area (Å²) in [4.78, 5) is 24.5. The number of methoxy groups -OCH3 is 1. The molecule has 3 rings (SSSR count). The molecule has 1 amide bonds. The van der Waals surface area contributed by atoms with Gasteiger partial charge in [0.05, 0.1) is 23.1 Å². The number of nitro groups is 1. The van der Waals surface area contributed by atoms with Gasteiger partial charge in [-0.3, -0.25) is 14.9 Å². The molecule has 2 aromatic rings. The fourth-order valence-corrected chi connectivity index (χ4v) is 4.13. The molecule has 1 aliphatic rings. The summed E-state index contributed by atoms with van der Waals surface area (Å²) in [5, 5.41) is 24.6. The number of fused-ring (bicyclic) bond motifs is 1. The minimum Gasteiger partial charge on any atom is -0.500 e. The summed E-state index contributed by atoms with van der Waals surface area (Å²) in [5.41, 5.74) is 3.50. The first-order valence-corrected chi connectivity index (χ1v) is 9.31. The molecule has 0 spiro atoms. The largest absolute Gasteiger partial charge is 0.500 e. The van der Waals surface area contributed by atoms with Crippen LogP contribution in [0.25, 0.3) is 0 Å². The number of phenols is 1. The number of nitrogens with one attached hydrogen (secondary N) is 1. The van der Waals surface area contributed by atoms with Crippen LogP contribution in [0.15, 0.2) is 23.3 Å². The number of carbonyl (C=O) groups excluding carboxylic acids is 1. The Bertz CT molecular complexity index is 883. The van der Waals surface area contributed by atoms with Gasteiger partial charge in [0.15, 0.2) is 5.75 Å². The van der Waals surface area contributed by atoms with Gasteiger partial charge in [0.25, 0.3) is 5.91 Å². The number of hydrogen-bond donors (Lipinski definition) is 2. The molecule has 0 unspecified atom stereocenters. The summed E-state index contributed by atoms with van der Waals surface area (Å²) < 4.78 is 4.93. The van der Waals surface area contributed by atoms with E-state index >= 15 is 0 Å². The molecular weight excluding hydrogens is 370 g/mol. The Morgan fingerprint density at radius 3 is 2.85 bits per heavy atom. The second kappa shape index (κ2) is 8.17. The lowest BCUT2D eigenvalue weighted by molar-refractivity contribution is -0.386. The minimum absolute atomic E-state index is 0.0426. The Labute approximate surface area is 159 Å². The molecule has 1 aromatic heterocycles. The molecule has 1 heterocycles. The second-order valence-electron chi connectivity index (χ2n) is 6.17. The highest BCUT2D eigenvalue weighted by Gasteiger charge is 2.19. The zero-order valence-corrected chi connectivity index (χ0v) is 15.5. The van der Waals surface area contributed by atoms with Crippen molar-refractivity contribution in [2.24, 2.45) is 5.10 Å². The van der Waals surface area contributed by atoms with E-state index in [1.54, 1.807) is 0 Å². The first kappa shape index (κ1) is 18.8. The number of phenolic OH excluding ortho intramolecular Hbond substituents is 1.